The number of carbonyl (C=O) groups is 2. The van der Waals surface area contributed by atoms with Gasteiger partial charge < -0.3 is 29.3 Å². The van der Waals surface area contributed by atoms with Crippen molar-refractivity contribution in [2.24, 2.45) is 7.05 Å². The number of aryl methyl sites for hydroxylation is 1. The predicted molar refractivity (Wildman–Crippen MR) is 152 cm³/mol. The minimum atomic E-state index is -0.720. The molecule has 1 saturated heterocycles. The zero-order chi connectivity index (χ0) is 30.1. The molecule has 1 N–H and O–H groups in total. The van der Waals surface area contributed by atoms with Crippen molar-refractivity contribution in [1.82, 2.24) is 24.6 Å². The fourth-order valence-electron chi connectivity index (χ4n) is 5.81. The fourth-order valence-corrected chi connectivity index (χ4v) is 6.09. The van der Waals surface area contributed by atoms with Crippen LogP contribution < -0.4 is 9.64 Å². The summed E-state index contributed by atoms with van der Waals surface area (Å²) in [4.78, 5) is 37.1. The van der Waals surface area contributed by atoms with Gasteiger partial charge in [0.2, 0.25) is 0 Å². The van der Waals surface area contributed by atoms with E-state index in [0.717, 1.165) is 11.3 Å². The molecular formula is C29H32ClFN6O5. The first-order valence-electron chi connectivity index (χ1n) is 13.8. The van der Waals surface area contributed by atoms with Gasteiger partial charge in [0.1, 0.15) is 45.9 Å². The van der Waals surface area contributed by atoms with Crippen molar-refractivity contribution >= 4 is 29.4 Å². The summed E-state index contributed by atoms with van der Waals surface area (Å²) >= 11 is 6.85. The van der Waals surface area contributed by atoms with Crippen LogP contribution in [0.3, 0.4) is 0 Å². The Labute approximate surface area is 247 Å². The molecule has 0 aliphatic carbocycles. The average Bonchev–Trinajstić information content (AvgIpc) is 3.40. The minimum Gasteiger partial charge on any atom is -0.507 e. The minimum absolute atomic E-state index is 0.0314. The van der Waals surface area contributed by atoms with E-state index in [2.05, 4.69) is 5.10 Å². The summed E-state index contributed by atoms with van der Waals surface area (Å²) in [5, 5.41) is 14.9. The van der Waals surface area contributed by atoms with E-state index in [1.54, 1.807) is 41.4 Å². The third kappa shape index (κ3) is 4.57. The summed E-state index contributed by atoms with van der Waals surface area (Å²) in [6, 6.07) is 3.23. The van der Waals surface area contributed by atoms with E-state index in [1.807, 2.05) is 18.9 Å². The SMILES string of the molecule is CC1c2cnn(C)c2CN1c1nc(-c2c(O)cccc2F)c(Cl)c2c1C(=O)N1CCN(C(=O)OC(C)(C)C)C[C@@H]1CO2. The monoisotopic (exact) mass is 598 g/mol. The number of aromatic nitrogens is 3. The summed E-state index contributed by atoms with van der Waals surface area (Å²) in [7, 11) is 1.84. The van der Waals surface area contributed by atoms with Crippen LogP contribution in [0.15, 0.2) is 24.4 Å². The van der Waals surface area contributed by atoms with Gasteiger partial charge in [-0.15, -0.1) is 0 Å². The molecule has 13 heteroatoms. The Morgan fingerprint density at radius 3 is 2.67 bits per heavy atom. The lowest BCUT2D eigenvalue weighted by molar-refractivity contribution is 0.000954. The second kappa shape index (κ2) is 10.0. The second-order valence-electron chi connectivity index (χ2n) is 11.8. The normalized spacial score (nSPS) is 20.1. The summed E-state index contributed by atoms with van der Waals surface area (Å²) < 4.78 is 28.7. The Morgan fingerprint density at radius 1 is 1.21 bits per heavy atom. The van der Waals surface area contributed by atoms with Gasteiger partial charge in [-0.25, -0.2) is 14.2 Å². The number of carbonyl (C=O) groups excluding carboxylic acids is 2. The molecule has 2 atom stereocenters. The molecule has 0 spiro atoms. The molecule has 1 aromatic carbocycles. The van der Waals surface area contributed by atoms with Crippen LogP contribution >= 0.6 is 11.6 Å². The molecule has 3 aliphatic heterocycles. The van der Waals surface area contributed by atoms with Crippen LogP contribution in [0.2, 0.25) is 5.02 Å². The highest BCUT2D eigenvalue weighted by Gasteiger charge is 2.43. The number of aromatic hydroxyl groups is 1. The summed E-state index contributed by atoms with van der Waals surface area (Å²) in [6.45, 7) is 8.51. The number of anilines is 1. The van der Waals surface area contributed by atoms with E-state index in [4.69, 9.17) is 26.1 Å². The number of nitrogens with zero attached hydrogens (tertiary/aromatic N) is 6. The first-order chi connectivity index (χ1) is 19.9. The lowest BCUT2D eigenvalue weighted by Crippen LogP contribution is -2.58. The van der Waals surface area contributed by atoms with Gasteiger partial charge in [0, 0.05) is 32.2 Å². The zero-order valence-electron chi connectivity index (χ0n) is 24.0. The Morgan fingerprint density at radius 2 is 1.98 bits per heavy atom. The van der Waals surface area contributed by atoms with Crippen molar-refractivity contribution in [2.45, 2.75) is 51.9 Å². The summed E-state index contributed by atoms with van der Waals surface area (Å²) in [5.41, 5.74) is 1.19. The molecule has 6 rings (SSSR count). The number of benzene rings is 1. The molecule has 1 fully saturated rings. The maximum atomic E-state index is 15.1. The van der Waals surface area contributed by atoms with E-state index in [9.17, 15) is 14.7 Å². The van der Waals surface area contributed by atoms with Crippen LogP contribution in [-0.2, 0) is 18.3 Å². The van der Waals surface area contributed by atoms with Crippen LogP contribution in [0.25, 0.3) is 11.3 Å². The molecule has 3 aromatic rings. The highest BCUT2D eigenvalue weighted by atomic mass is 35.5. The Balaban J connectivity index is 1.46. The number of rotatable bonds is 2. The number of ether oxygens (including phenoxy) is 2. The van der Waals surface area contributed by atoms with Gasteiger partial charge in [0.15, 0.2) is 5.75 Å². The van der Waals surface area contributed by atoms with Gasteiger partial charge in [-0.05, 0) is 39.8 Å². The zero-order valence-corrected chi connectivity index (χ0v) is 24.8. The number of phenols is 1. The van der Waals surface area contributed by atoms with Crippen molar-refractivity contribution in [2.75, 3.05) is 31.1 Å². The largest absolute Gasteiger partial charge is 0.507 e. The Hall–Kier alpha value is -4.06. The quantitative estimate of drug-likeness (QED) is 0.458. The van der Waals surface area contributed by atoms with Crippen LogP contribution in [0.5, 0.6) is 11.5 Å². The van der Waals surface area contributed by atoms with Crippen molar-refractivity contribution < 1.29 is 28.6 Å². The fraction of sp³-hybridized carbons (Fsp3) is 0.448. The van der Waals surface area contributed by atoms with Gasteiger partial charge in [-0.3, -0.25) is 9.48 Å². The number of pyridine rings is 1. The predicted octanol–water partition coefficient (Wildman–Crippen LogP) is 4.52. The number of phenolic OH excluding ortho intramolecular Hbond substituents is 1. The van der Waals surface area contributed by atoms with Crippen LogP contribution in [-0.4, -0.2) is 79.6 Å². The maximum absolute atomic E-state index is 15.1. The highest BCUT2D eigenvalue weighted by molar-refractivity contribution is 6.35. The van der Waals surface area contributed by atoms with Crippen LogP contribution in [0, 0.1) is 5.82 Å². The summed E-state index contributed by atoms with van der Waals surface area (Å²) in [6.07, 6.45) is 1.31. The molecule has 42 heavy (non-hydrogen) atoms. The van der Waals surface area contributed by atoms with Crippen molar-refractivity contribution in [1.29, 1.82) is 0 Å². The Kier molecular flexibility index (Phi) is 6.71. The molecule has 222 valence electrons. The van der Waals surface area contributed by atoms with Crippen molar-refractivity contribution in [3.8, 4) is 22.8 Å². The van der Waals surface area contributed by atoms with Crippen LogP contribution in [0.4, 0.5) is 15.0 Å². The lowest BCUT2D eigenvalue weighted by atomic mass is 10.0. The molecule has 2 amide bonds. The number of halogens is 2. The highest BCUT2D eigenvalue weighted by Crippen LogP contribution is 2.48. The van der Waals surface area contributed by atoms with E-state index in [0.29, 0.717) is 6.54 Å². The first kappa shape index (κ1) is 28.1. The van der Waals surface area contributed by atoms with Crippen molar-refractivity contribution in [3.63, 3.8) is 0 Å². The first-order valence-corrected chi connectivity index (χ1v) is 14.1. The van der Waals surface area contributed by atoms with Gasteiger partial charge in [0.05, 0.1) is 36.1 Å². The molecule has 3 aliphatic rings. The van der Waals surface area contributed by atoms with Gasteiger partial charge in [-0.2, -0.15) is 5.10 Å². The number of hydrogen-bond acceptors (Lipinski definition) is 8. The molecular weight excluding hydrogens is 567 g/mol. The number of hydrogen-bond donors (Lipinski definition) is 1. The molecule has 2 aromatic heterocycles. The number of piperazine rings is 1. The molecule has 5 heterocycles. The third-order valence-electron chi connectivity index (χ3n) is 7.94. The molecule has 0 saturated carbocycles. The standard InChI is InChI=1S/C29H32ClFN6O5/c1-15-17-11-32-34(5)19(17)13-37(15)26-22-25(23(30)24(33-26)21-18(31)7-6-8-20(21)38)41-14-16-12-35(9-10-36(16)27(22)39)28(40)42-29(2,3)4/h6-8,11,15-16,38H,9-10,12-14H2,1-5H3/t15?,16-/m1/s1. The maximum Gasteiger partial charge on any atom is 0.410 e. The third-order valence-corrected chi connectivity index (χ3v) is 8.29. The number of fused-ring (bicyclic) bond motifs is 3. The summed E-state index contributed by atoms with van der Waals surface area (Å²) in [5.74, 6) is -1.10. The molecule has 1 unspecified atom stereocenters. The topological polar surface area (TPSA) is 113 Å². The molecule has 0 bridgehead atoms. The van der Waals surface area contributed by atoms with E-state index >= 15 is 4.39 Å². The van der Waals surface area contributed by atoms with Gasteiger partial charge >= 0.3 is 6.09 Å². The smallest absolute Gasteiger partial charge is 0.410 e. The van der Waals surface area contributed by atoms with E-state index < -0.39 is 23.6 Å². The van der Waals surface area contributed by atoms with Gasteiger partial charge in [-0.1, -0.05) is 17.7 Å². The number of amides is 2. The molecule has 11 nitrogen and oxygen atoms in total. The Bertz CT molecular complexity index is 1580. The van der Waals surface area contributed by atoms with Gasteiger partial charge in [0.25, 0.3) is 5.91 Å². The van der Waals surface area contributed by atoms with Crippen LogP contribution in [0.1, 0.15) is 55.4 Å². The van der Waals surface area contributed by atoms with E-state index in [-0.39, 0.29) is 77.4 Å². The lowest BCUT2D eigenvalue weighted by Gasteiger charge is -2.40. The average molecular weight is 599 g/mol. The second-order valence-corrected chi connectivity index (χ2v) is 12.2. The molecule has 0 radical (unpaired) electrons. The van der Waals surface area contributed by atoms with E-state index in [1.165, 1.54) is 18.2 Å². The van der Waals surface area contributed by atoms with Crippen molar-refractivity contribution in [3.05, 3.63) is 52.1 Å².